The Kier molecular flexibility index (Phi) is 5.27. The van der Waals surface area contributed by atoms with Gasteiger partial charge in [0.25, 0.3) is 0 Å². The molecular weight excluding hydrogens is 268 g/mol. The lowest BCUT2D eigenvalue weighted by atomic mass is 10.1. The molecule has 0 saturated carbocycles. The Balaban J connectivity index is 1.57. The second-order valence-electron chi connectivity index (χ2n) is 5.82. The summed E-state index contributed by atoms with van der Waals surface area (Å²) >= 11 is 0. The molecule has 0 heterocycles. The maximum Gasteiger partial charge on any atom is 0.0340 e. The second-order valence-corrected chi connectivity index (χ2v) is 5.82. The van der Waals surface area contributed by atoms with E-state index in [0.29, 0.717) is 6.04 Å². The number of para-hydroxylation sites is 1. The Morgan fingerprint density at radius 1 is 0.955 bits per heavy atom. The molecular formula is C20H24N2. The first kappa shape index (κ1) is 14.9. The van der Waals surface area contributed by atoms with Crippen LogP contribution in [0.25, 0.3) is 0 Å². The molecule has 1 atom stereocenters. The molecule has 0 aliphatic heterocycles. The van der Waals surface area contributed by atoms with Gasteiger partial charge in [0.1, 0.15) is 0 Å². The summed E-state index contributed by atoms with van der Waals surface area (Å²) in [4.78, 5) is 2.58. The van der Waals surface area contributed by atoms with Crippen LogP contribution >= 0.6 is 0 Å². The fourth-order valence-corrected chi connectivity index (χ4v) is 3.00. The monoisotopic (exact) mass is 292 g/mol. The van der Waals surface area contributed by atoms with Gasteiger partial charge in [-0.05, 0) is 30.5 Å². The Morgan fingerprint density at radius 3 is 2.36 bits per heavy atom. The van der Waals surface area contributed by atoms with Crippen molar-refractivity contribution in [1.82, 2.24) is 4.90 Å². The van der Waals surface area contributed by atoms with E-state index in [2.05, 4.69) is 83.0 Å². The molecule has 0 aromatic heterocycles. The summed E-state index contributed by atoms with van der Waals surface area (Å²) in [5, 5.41) is 3.52. The Bertz CT molecular complexity index is 577. The molecule has 2 aromatic carbocycles. The maximum absolute atomic E-state index is 3.52. The van der Waals surface area contributed by atoms with Gasteiger partial charge in [-0.3, -0.25) is 4.90 Å². The number of nitrogens with zero attached hydrogens (tertiary/aromatic N) is 1. The number of rotatable bonds is 7. The van der Waals surface area contributed by atoms with E-state index in [0.717, 1.165) is 19.6 Å². The minimum Gasteiger partial charge on any atom is -0.384 e. The van der Waals surface area contributed by atoms with Crippen LogP contribution < -0.4 is 5.32 Å². The number of allylic oxidation sites excluding steroid dienone is 1. The molecule has 0 amide bonds. The molecule has 1 N–H and O–H groups in total. The van der Waals surface area contributed by atoms with Crippen molar-refractivity contribution in [1.29, 1.82) is 0 Å². The van der Waals surface area contributed by atoms with E-state index in [1.165, 1.54) is 24.1 Å². The van der Waals surface area contributed by atoms with Gasteiger partial charge < -0.3 is 5.32 Å². The lowest BCUT2D eigenvalue weighted by molar-refractivity contribution is 0.226. The van der Waals surface area contributed by atoms with Crippen LogP contribution in [0.5, 0.6) is 0 Å². The van der Waals surface area contributed by atoms with Crippen molar-refractivity contribution in [2.45, 2.75) is 25.4 Å². The van der Waals surface area contributed by atoms with Crippen LogP contribution in [0.15, 0.2) is 72.8 Å². The number of nitrogens with one attached hydrogen (secondary N) is 1. The van der Waals surface area contributed by atoms with Crippen molar-refractivity contribution in [2.75, 3.05) is 18.4 Å². The van der Waals surface area contributed by atoms with E-state index in [1.54, 1.807) is 0 Å². The SMILES string of the molecule is C1=CC(N(CCNc2ccccc2)Cc2ccccc2)CC1. The van der Waals surface area contributed by atoms with Crippen molar-refractivity contribution in [3.05, 3.63) is 78.4 Å². The van der Waals surface area contributed by atoms with Gasteiger partial charge in [0.05, 0.1) is 0 Å². The highest BCUT2D eigenvalue weighted by Gasteiger charge is 2.18. The van der Waals surface area contributed by atoms with Gasteiger partial charge in [-0.1, -0.05) is 60.7 Å². The van der Waals surface area contributed by atoms with Gasteiger partial charge in [-0.2, -0.15) is 0 Å². The van der Waals surface area contributed by atoms with E-state index in [9.17, 15) is 0 Å². The molecule has 1 unspecified atom stereocenters. The van der Waals surface area contributed by atoms with E-state index in [-0.39, 0.29) is 0 Å². The molecule has 114 valence electrons. The van der Waals surface area contributed by atoms with Crippen molar-refractivity contribution in [3.8, 4) is 0 Å². The molecule has 2 nitrogen and oxygen atoms in total. The van der Waals surface area contributed by atoms with Crippen molar-refractivity contribution in [2.24, 2.45) is 0 Å². The average molecular weight is 292 g/mol. The molecule has 3 rings (SSSR count). The number of benzene rings is 2. The van der Waals surface area contributed by atoms with Gasteiger partial charge in [0.15, 0.2) is 0 Å². The second kappa shape index (κ2) is 7.81. The van der Waals surface area contributed by atoms with Gasteiger partial charge >= 0.3 is 0 Å². The van der Waals surface area contributed by atoms with Gasteiger partial charge in [-0.15, -0.1) is 0 Å². The van der Waals surface area contributed by atoms with Crippen molar-refractivity contribution < 1.29 is 0 Å². The standard InChI is InChI=1S/C20H24N2/c1-3-9-18(10-4-1)17-22(20-13-7-8-14-20)16-15-21-19-11-5-2-6-12-19/h1-7,9-13,20-21H,8,14-17H2. The molecule has 0 radical (unpaired) electrons. The molecule has 0 spiro atoms. The highest BCUT2D eigenvalue weighted by molar-refractivity contribution is 5.42. The van der Waals surface area contributed by atoms with E-state index >= 15 is 0 Å². The predicted octanol–water partition coefficient (Wildman–Crippen LogP) is 4.32. The van der Waals surface area contributed by atoms with Crippen LogP contribution in [0.2, 0.25) is 0 Å². The minimum absolute atomic E-state index is 0.581. The Morgan fingerprint density at radius 2 is 1.68 bits per heavy atom. The summed E-state index contributed by atoms with van der Waals surface area (Å²) in [6.07, 6.45) is 7.14. The van der Waals surface area contributed by atoms with Crippen LogP contribution in [0.3, 0.4) is 0 Å². The fraction of sp³-hybridized carbons (Fsp3) is 0.300. The van der Waals surface area contributed by atoms with Crippen LogP contribution in [-0.4, -0.2) is 24.0 Å². The zero-order valence-electron chi connectivity index (χ0n) is 13.0. The molecule has 22 heavy (non-hydrogen) atoms. The van der Waals surface area contributed by atoms with Crippen LogP contribution in [0.1, 0.15) is 18.4 Å². The summed E-state index contributed by atoms with van der Waals surface area (Å²) < 4.78 is 0. The summed E-state index contributed by atoms with van der Waals surface area (Å²) in [7, 11) is 0. The van der Waals surface area contributed by atoms with Gasteiger partial charge in [0.2, 0.25) is 0 Å². The first-order valence-electron chi connectivity index (χ1n) is 8.15. The molecule has 0 bridgehead atoms. The molecule has 2 aromatic rings. The van der Waals surface area contributed by atoms with Crippen molar-refractivity contribution >= 4 is 5.69 Å². The fourth-order valence-electron chi connectivity index (χ4n) is 3.00. The zero-order chi connectivity index (χ0) is 15.0. The molecule has 0 fully saturated rings. The first-order chi connectivity index (χ1) is 10.9. The van der Waals surface area contributed by atoms with Gasteiger partial charge in [-0.25, -0.2) is 0 Å². The van der Waals surface area contributed by atoms with E-state index < -0.39 is 0 Å². The number of hydrogen-bond donors (Lipinski definition) is 1. The maximum atomic E-state index is 3.52. The third-order valence-corrected chi connectivity index (χ3v) is 4.19. The first-order valence-corrected chi connectivity index (χ1v) is 8.15. The van der Waals surface area contributed by atoms with E-state index in [1.807, 2.05) is 0 Å². The van der Waals surface area contributed by atoms with Crippen LogP contribution in [0.4, 0.5) is 5.69 Å². The van der Waals surface area contributed by atoms with Crippen molar-refractivity contribution in [3.63, 3.8) is 0 Å². The lowest BCUT2D eigenvalue weighted by Gasteiger charge is -2.28. The van der Waals surface area contributed by atoms with Crippen LogP contribution in [0, 0.1) is 0 Å². The molecule has 1 aliphatic rings. The van der Waals surface area contributed by atoms with Gasteiger partial charge in [0, 0.05) is 31.4 Å². The summed E-state index contributed by atoms with van der Waals surface area (Å²) in [5.41, 5.74) is 2.59. The highest BCUT2D eigenvalue weighted by Crippen LogP contribution is 2.19. The summed E-state index contributed by atoms with van der Waals surface area (Å²) in [6, 6.07) is 21.8. The smallest absolute Gasteiger partial charge is 0.0340 e. The molecule has 2 heteroatoms. The highest BCUT2D eigenvalue weighted by atomic mass is 15.2. The summed E-state index contributed by atoms with van der Waals surface area (Å²) in [5.74, 6) is 0. The topological polar surface area (TPSA) is 15.3 Å². The lowest BCUT2D eigenvalue weighted by Crippen LogP contribution is -2.36. The molecule has 0 saturated heterocycles. The summed E-state index contributed by atoms with van der Waals surface area (Å²) in [6.45, 7) is 3.05. The van der Waals surface area contributed by atoms with Crippen LogP contribution in [-0.2, 0) is 6.54 Å². The number of anilines is 1. The minimum atomic E-state index is 0.581. The molecule has 1 aliphatic carbocycles. The third-order valence-electron chi connectivity index (χ3n) is 4.19. The predicted molar refractivity (Wildman–Crippen MR) is 93.9 cm³/mol. The van der Waals surface area contributed by atoms with E-state index in [4.69, 9.17) is 0 Å². The average Bonchev–Trinajstić information content (AvgIpc) is 3.10. The zero-order valence-corrected chi connectivity index (χ0v) is 13.0. The third kappa shape index (κ3) is 4.22. The Hall–Kier alpha value is -2.06. The quantitative estimate of drug-likeness (QED) is 0.765. The Labute approximate surface area is 133 Å². The number of hydrogen-bond acceptors (Lipinski definition) is 2. The largest absolute Gasteiger partial charge is 0.384 e. The normalized spacial score (nSPS) is 17.0.